The van der Waals surface area contributed by atoms with Crippen molar-refractivity contribution in [2.45, 2.75) is 32.2 Å². The van der Waals surface area contributed by atoms with E-state index in [0.717, 1.165) is 0 Å². The lowest BCUT2D eigenvalue weighted by Crippen LogP contribution is -2.47. The summed E-state index contributed by atoms with van der Waals surface area (Å²) in [4.78, 5) is 26.9. The summed E-state index contributed by atoms with van der Waals surface area (Å²) in [6.07, 6.45) is 1.62. The number of carboxylic acids is 1. The van der Waals surface area contributed by atoms with Crippen LogP contribution in [0.3, 0.4) is 0 Å². The average Bonchev–Trinajstić information content (AvgIpc) is 2.55. The van der Waals surface area contributed by atoms with Crippen LogP contribution in [0.15, 0.2) is 18.2 Å². The second kappa shape index (κ2) is 7.71. The molecule has 0 aromatic carbocycles. The third-order valence-electron chi connectivity index (χ3n) is 3.85. The number of carbonyl (C=O) groups excluding carboxylic acids is 1. The molecule has 2 rings (SSSR count). The molecule has 8 nitrogen and oxygen atoms in total. The van der Waals surface area contributed by atoms with Gasteiger partial charge in [-0.3, -0.25) is 4.79 Å². The Morgan fingerprint density at radius 2 is 1.92 bits per heavy atom. The SMILES string of the molecule is CCCS(=O)(=O)N1CCC(NC(=O)c2cccc(C(=O)O)n2)CC1. The molecule has 0 bridgehead atoms. The number of nitrogens with zero attached hydrogens (tertiary/aromatic N) is 2. The average molecular weight is 355 g/mol. The van der Waals surface area contributed by atoms with Crippen molar-refractivity contribution in [1.29, 1.82) is 0 Å². The fourth-order valence-electron chi connectivity index (χ4n) is 2.60. The zero-order valence-electron chi connectivity index (χ0n) is 13.4. The Hall–Kier alpha value is -2.00. The summed E-state index contributed by atoms with van der Waals surface area (Å²) >= 11 is 0. The molecule has 0 aliphatic carbocycles. The number of amides is 1. The number of carboxylic acid groups (broad SMARTS) is 1. The van der Waals surface area contributed by atoms with Crippen LogP contribution in [0.1, 0.15) is 47.2 Å². The Balaban J connectivity index is 1.93. The number of pyridine rings is 1. The number of sulfonamides is 1. The highest BCUT2D eigenvalue weighted by Gasteiger charge is 2.28. The van der Waals surface area contributed by atoms with Crippen molar-refractivity contribution in [2.24, 2.45) is 0 Å². The van der Waals surface area contributed by atoms with E-state index in [2.05, 4.69) is 10.3 Å². The van der Waals surface area contributed by atoms with Crippen LogP contribution in [0.2, 0.25) is 0 Å². The smallest absolute Gasteiger partial charge is 0.354 e. The van der Waals surface area contributed by atoms with Crippen molar-refractivity contribution >= 4 is 21.9 Å². The Morgan fingerprint density at radius 3 is 2.50 bits per heavy atom. The molecule has 1 saturated heterocycles. The van der Waals surface area contributed by atoms with Gasteiger partial charge >= 0.3 is 5.97 Å². The second-order valence-corrected chi connectivity index (χ2v) is 7.76. The number of nitrogens with one attached hydrogen (secondary N) is 1. The van der Waals surface area contributed by atoms with Gasteiger partial charge in [0.25, 0.3) is 5.91 Å². The molecule has 2 heterocycles. The van der Waals surface area contributed by atoms with Crippen LogP contribution in [0.5, 0.6) is 0 Å². The fraction of sp³-hybridized carbons (Fsp3) is 0.533. The molecule has 2 N–H and O–H groups in total. The first kappa shape index (κ1) is 18.3. The van der Waals surface area contributed by atoms with E-state index >= 15 is 0 Å². The Morgan fingerprint density at radius 1 is 1.29 bits per heavy atom. The first-order chi connectivity index (χ1) is 11.3. The minimum absolute atomic E-state index is 0.0379. The molecule has 1 aromatic rings. The predicted octanol–water partition coefficient (Wildman–Crippen LogP) is 0.714. The summed E-state index contributed by atoms with van der Waals surface area (Å²) in [6, 6.07) is 4.07. The Kier molecular flexibility index (Phi) is 5.89. The molecule has 9 heteroatoms. The summed E-state index contributed by atoms with van der Waals surface area (Å²) in [6.45, 7) is 2.56. The molecule has 1 aromatic heterocycles. The summed E-state index contributed by atoms with van der Waals surface area (Å²) in [5.74, 6) is -1.51. The maximum Gasteiger partial charge on any atom is 0.354 e. The van der Waals surface area contributed by atoms with Gasteiger partial charge in [0.2, 0.25) is 10.0 Å². The molecule has 0 atom stereocenters. The molecule has 1 amide bonds. The topological polar surface area (TPSA) is 117 Å². The van der Waals surface area contributed by atoms with Gasteiger partial charge in [-0.2, -0.15) is 0 Å². The van der Waals surface area contributed by atoms with Gasteiger partial charge in [0.05, 0.1) is 5.75 Å². The van der Waals surface area contributed by atoms with Crippen molar-refractivity contribution in [3.8, 4) is 0 Å². The molecule has 0 unspecified atom stereocenters. The normalized spacial score (nSPS) is 16.7. The standard InChI is InChI=1S/C15H21N3O5S/c1-2-10-24(22,23)18-8-6-11(7-9-18)16-14(19)12-4-3-5-13(17-12)15(20)21/h3-5,11H,2,6-10H2,1H3,(H,16,19)(H,20,21). The van der Waals surface area contributed by atoms with E-state index in [1.165, 1.54) is 22.5 Å². The van der Waals surface area contributed by atoms with E-state index in [0.29, 0.717) is 32.4 Å². The first-order valence-corrected chi connectivity index (χ1v) is 9.43. The van der Waals surface area contributed by atoms with Crippen molar-refractivity contribution in [3.63, 3.8) is 0 Å². The number of hydrogen-bond acceptors (Lipinski definition) is 5. The number of aromatic carboxylic acids is 1. The monoisotopic (exact) mass is 355 g/mol. The summed E-state index contributed by atoms with van der Waals surface area (Å²) in [5.41, 5.74) is -0.154. The van der Waals surface area contributed by atoms with Crippen LogP contribution in [-0.2, 0) is 10.0 Å². The number of rotatable bonds is 6. The highest BCUT2D eigenvalue weighted by Crippen LogP contribution is 2.15. The number of aromatic nitrogens is 1. The van der Waals surface area contributed by atoms with Gasteiger partial charge in [0.15, 0.2) is 0 Å². The summed E-state index contributed by atoms with van der Waals surface area (Å²) < 4.78 is 25.5. The van der Waals surface area contributed by atoms with Crippen molar-refractivity contribution in [2.75, 3.05) is 18.8 Å². The predicted molar refractivity (Wildman–Crippen MR) is 87.3 cm³/mol. The van der Waals surface area contributed by atoms with Crippen molar-refractivity contribution in [3.05, 3.63) is 29.6 Å². The lowest BCUT2D eigenvalue weighted by molar-refractivity contribution is 0.0690. The number of piperidine rings is 1. The van der Waals surface area contributed by atoms with E-state index in [4.69, 9.17) is 5.11 Å². The van der Waals surface area contributed by atoms with Gasteiger partial charge in [0.1, 0.15) is 11.4 Å². The first-order valence-electron chi connectivity index (χ1n) is 7.82. The highest BCUT2D eigenvalue weighted by atomic mass is 32.2. The zero-order chi connectivity index (χ0) is 17.7. The van der Waals surface area contributed by atoms with Gasteiger partial charge in [-0.15, -0.1) is 0 Å². The second-order valence-electron chi connectivity index (χ2n) is 5.68. The van der Waals surface area contributed by atoms with E-state index in [9.17, 15) is 18.0 Å². The summed E-state index contributed by atoms with van der Waals surface area (Å²) in [5, 5.41) is 11.7. The van der Waals surface area contributed by atoms with Crippen molar-refractivity contribution < 1.29 is 23.1 Å². The molecule has 0 radical (unpaired) electrons. The lowest BCUT2D eigenvalue weighted by atomic mass is 10.1. The van der Waals surface area contributed by atoms with Gasteiger partial charge in [-0.1, -0.05) is 13.0 Å². The minimum Gasteiger partial charge on any atom is -0.477 e. The fourth-order valence-corrected chi connectivity index (χ4v) is 4.15. The van der Waals surface area contributed by atoms with Gasteiger partial charge in [-0.05, 0) is 31.4 Å². The van der Waals surface area contributed by atoms with Gasteiger partial charge in [-0.25, -0.2) is 22.5 Å². The Bertz CT molecular complexity index is 712. The van der Waals surface area contributed by atoms with Crippen LogP contribution >= 0.6 is 0 Å². The maximum absolute atomic E-state index is 12.2. The van der Waals surface area contributed by atoms with E-state index in [1.807, 2.05) is 6.92 Å². The van der Waals surface area contributed by atoms with Crippen LogP contribution in [-0.4, -0.2) is 59.6 Å². The quantitative estimate of drug-likeness (QED) is 0.776. The largest absolute Gasteiger partial charge is 0.477 e. The molecule has 1 aliphatic rings. The van der Waals surface area contributed by atoms with Crippen LogP contribution in [0.4, 0.5) is 0 Å². The molecule has 24 heavy (non-hydrogen) atoms. The van der Waals surface area contributed by atoms with Gasteiger partial charge in [0, 0.05) is 19.1 Å². The molecule has 0 spiro atoms. The maximum atomic E-state index is 12.2. The zero-order valence-corrected chi connectivity index (χ0v) is 14.3. The molecular formula is C15H21N3O5S. The minimum atomic E-state index is -3.21. The Labute approximate surface area is 140 Å². The molecule has 132 valence electrons. The molecule has 1 aliphatic heterocycles. The molecular weight excluding hydrogens is 334 g/mol. The van der Waals surface area contributed by atoms with Crippen molar-refractivity contribution in [1.82, 2.24) is 14.6 Å². The van der Waals surface area contributed by atoms with E-state index in [-0.39, 0.29) is 23.2 Å². The summed E-state index contributed by atoms with van der Waals surface area (Å²) in [7, 11) is -3.21. The van der Waals surface area contributed by atoms with Crippen LogP contribution in [0.25, 0.3) is 0 Å². The molecule has 1 fully saturated rings. The number of hydrogen-bond donors (Lipinski definition) is 2. The third kappa shape index (κ3) is 4.51. The highest BCUT2D eigenvalue weighted by molar-refractivity contribution is 7.89. The third-order valence-corrected chi connectivity index (χ3v) is 5.92. The lowest BCUT2D eigenvalue weighted by Gasteiger charge is -2.31. The van der Waals surface area contributed by atoms with E-state index < -0.39 is 21.9 Å². The van der Waals surface area contributed by atoms with Crippen LogP contribution in [0, 0.1) is 0 Å². The van der Waals surface area contributed by atoms with E-state index in [1.54, 1.807) is 0 Å². The number of carbonyl (C=O) groups is 2. The van der Waals surface area contributed by atoms with Crippen LogP contribution < -0.4 is 5.32 Å². The van der Waals surface area contributed by atoms with Gasteiger partial charge < -0.3 is 10.4 Å². The molecule has 0 saturated carbocycles.